The Labute approximate surface area is 134 Å². The molecule has 0 N–H and O–H groups in total. The van der Waals surface area contributed by atoms with Gasteiger partial charge in [0, 0.05) is 11.5 Å². The van der Waals surface area contributed by atoms with Crippen LogP contribution in [0.1, 0.15) is 20.7 Å². The van der Waals surface area contributed by atoms with Gasteiger partial charge in [0.1, 0.15) is 0 Å². The average Bonchev–Trinajstić information content (AvgIpc) is 2.77. The summed E-state index contributed by atoms with van der Waals surface area (Å²) in [7, 11) is 1.36. The first kappa shape index (κ1) is 14.5. The van der Waals surface area contributed by atoms with E-state index in [0.717, 1.165) is 26.0 Å². The van der Waals surface area contributed by atoms with E-state index in [-0.39, 0.29) is 5.56 Å². The minimum Gasteiger partial charge on any atom is -0.268 e. The third kappa shape index (κ3) is 1.88. The average molecular weight is 359 g/mol. The zero-order valence-electron chi connectivity index (χ0n) is 11.7. The van der Waals surface area contributed by atoms with Gasteiger partial charge in [-0.05, 0) is 22.9 Å². The summed E-state index contributed by atoms with van der Waals surface area (Å²) in [5, 5.41) is 3.32. The van der Waals surface area contributed by atoms with E-state index in [2.05, 4.69) is 22.5 Å². The zero-order valence-corrected chi connectivity index (χ0v) is 13.3. The molecule has 2 aromatic rings. The Balaban J connectivity index is 2.24. The van der Waals surface area contributed by atoms with Gasteiger partial charge in [-0.1, -0.05) is 46.8 Å². The molecule has 2 aromatic carbocycles. The van der Waals surface area contributed by atoms with Gasteiger partial charge in [-0.25, -0.2) is 5.01 Å². The van der Waals surface area contributed by atoms with E-state index >= 15 is 0 Å². The second-order valence-corrected chi connectivity index (χ2v) is 5.67. The van der Waals surface area contributed by atoms with Gasteiger partial charge in [0.2, 0.25) is 0 Å². The largest absolute Gasteiger partial charge is 0.281 e. The summed E-state index contributed by atoms with van der Waals surface area (Å²) >= 11 is 3.42. The Bertz CT molecular complexity index is 860. The molecule has 3 rings (SSSR count). The number of benzene rings is 2. The molecule has 0 radical (unpaired) electrons. The molecule has 0 unspecified atom stereocenters. The predicted octanol–water partition coefficient (Wildman–Crippen LogP) is 2.76. The van der Waals surface area contributed by atoms with Gasteiger partial charge in [0.25, 0.3) is 17.7 Å². The Kier molecular flexibility index (Phi) is 3.33. The number of imide groups is 1. The molecule has 5 nitrogen and oxygen atoms in total. The number of amides is 3. The van der Waals surface area contributed by atoms with Crippen LogP contribution in [0.15, 0.2) is 47.5 Å². The normalized spacial score (nSPS) is 13.5. The highest BCUT2D eigenvalue weighted by Gasteiger charge is 2.41. The summed E-state index contributed by atoms with van der Waals surface area (Å²) in [6.07, 6.45) is 1.05. The Morgan fingerprint density at radius 2 is 1.86 bits per heavy atom. The topological polar surface area (TPSA) is 57.7 Å². The minimum absolute atomic E-state index is 0.277. The molecule has 0 bridgehead atoms. The lowest BCUT2D eigenvalue weighted by Gasteiger charge is -2.24. The van der Waals surface area contributed by atoms with Crippen molar-refractivity contribution in [3.8, 4) is 0 Å². The summed E-state index contributed by atoms with van der Waals surface area (Å²) in [4.78, 5) is 36.9. The van der Waals surface area contributed by atoms with Crippen molar-refractivity contribution in [1.82, 2.24) is 10.0 Å². The molecule has 0 fully saturated rings. The highest BCUT2D eigenvalue weighted by Crippen LogP contribution is 2.35. The summed E-state index contributed by atoms with van der Waals surface area (Å²) in [6, 6.07) is 8.91. The van der Waals surface area contributed by atoms with Crippen LogP contribution in [0, 0.1) is 0 Å². The molecule has 22 heavy (non-hydrogen) atoms. The van der Waals surface area contributed by atoms with Crippen molar-refractivity contribution in [2.24, 2.45) is 0 Å². The van der Waals surface area contributed by atoms with Gasteiger partial charge in [-0.2, -0.15) is 5.01 Å². The van der Waals surface area contributed by atoms with E-state index in [1.165, 1.54) is 7.05 Å². The molecule has 0 aromatic heterocycles. The Morgan fingerprint density at radius 3 is 2.50 bits per heavy atom. The first-order valence-corrected chi connectivity index (χ1v) is 7.26. The number of nitrogens with zero attached hydrogens (tertiary/aromatic N) is 2. The van der Waals surface area contributed by atoms with Crippen molar-refractivity contribution >= 4 is 44.4 Å². The van der Waals surface area contributed by atoms with Gasteiger partial charge in [-0.3, -0.25) is 14.4 Å². The van der Waals surface area contributed by atoms with Crippen molar-refractivity contribution in [3.05, 3.63) is 58.6 Å². The van der Waals surface area contributed by atoms with E-state index in [4.69, 9.17) is 0 Å². The number of rotatable bonds is 2. The number of likely N-dealkylation sites (N-methyl/N-ethyl adjacent to an activating group) is 1. The standard InChI is InChI=1S/C16H11BrN2O3/c1-3-13(20)18(2)19-15(21)11-8-12(17)9-6-4-5-7-10(9)14(11)16(19)22/h3-8H,1H2,2H3. The van der Waals surface area contributed by atoms with Crippen LogP contribution in [0.5, 0.6) is 0 Å². The summed E-state index contributed by atoms with van der Waals surface area (Å²) in [5.41, 5.74) is 0.590. The molecule has 110 valence electrons. The molecular formula is C16H11BrN2O3. The van der Waals surface area contributed by atoms with E-state index < -0.39 is 17.7 Å². The van der Waals surface area contributed by atoms with Crippen molar-refractivity contribution in [1.29, 1.82) is 0 Å². The summed E-state index contributed by atoms with van der Waals surface area (Å²) < 4.78 is 0.725. The number of hydrazine groups is 1. The third-order valence-electron chi connectivity index (χ3n) is 3.62. The number of fused-ring (bicyclic) bond motifs is 3. The fraction of sp³-hybridized carbons (Fsp3) is 0.0625. The SMILES string of the molecule is C=CC(=O)N(C)N1C(=O)c2cc(Br)c3ccccc3c2C1=O. The predicted molar refractivity (Wildman–Crippen MR) is 85.1 cm³/mol. The van der Waals surface area contributed by atoms with E-state index in [0.29, 0.717) is 10.9 Å². The highest BCUT2D eigenvalue weighted by atomic mass is 79.9. The van der Waals surface area contributed by atoms with Gasteiger partial charge in [0.05, 0.1) is 11.1 Å². The molecule has 3 amide bonds. The van der Waals surface area contributed by atoms with Gasteiger partial charge in [-0.15, -0.1) is 0 Å². The van der Waals surface area contributed by atoms with Crippen LogP contribution in [-0.4, -0.2) is 34.8 Å². The number of halogens is 1. The molecule has 0 aliphatic carbocycles. The molecule has 0 atom stereocenters. The lowest BCUT2D eigenvalue weighted by Crippen LogP contribution is -2.46. The van der Waals surface area contributed by atoms with Crippen LogP contribution < -0.4 is 0 Å². The zero-order chi connectivity index (χ0) is 16.0. The lowest BCUT2D eigenvalue weighted by atomic mass is 10.0. The van der Waals surface area contributed by atoms with Crippen LogP contribution in [0.2, 0.25) is 0 Å². The third-order valence-corrected chi connectivity index (χ3v) is 4.27. The molecule has 1 aliphatic rings. The van der Waals surface area contributed by atoms with E-state index in [1.807, 2.05) is 12.1 Å². The van der Waals surface area contributed by atoms with Crippen LogP contribution in [0.3, 0.4) is 0 Å². The van der Waals surface area contributed by atoms with Crippen LogP contribution in [-0.2, 0) is 4.79 Å². The van der Waals surface area contributed by atoms with Crippen LogP contribution >= 0.6 is 15.9 Å². The van der Waals surface area contributed by atoms with Crippen molar-refractivity contribution < 1.29 is 14.4 Å². The number of hydrogen-bond donors (Lipinski definition) is 0. The maximum absolute atomic E-state index is 12.7. The minimum atomic E-state index is -0.530. The number of carbonyl (C=O) groups is 3. The second-order valence-electron chi connectivity index (χ2n) is 4.81. The quantitative estimate of drug-likeness (QED) is 0.612. The van der Waals surface area contributed by atoms with Crippen molar-refractivity contribution in [2.75, 3.05) is 7.05 Å². The lowest BCUT2D eigenvalue weighted by molar-refractivity contribution is -0.133. The Morgan fingerprint density at radius 1 is 1.23 bits per heavy atom. The number of hydrogen-bond acceptors (Lipinski definition) is 3. The van der Waals surface area contributed by atoms with Gasteiger partial charge >= 0.3 is 0 Å². The molecule has 1 heterocycles. The number of carbonyl (C=O) groups excluding carboxylic acids is 3. The van der Waals surface area contributed by atoms with Gasteiger partial charge < -0.3 is 0 Å². The van der Waals surface area contributed by atoms with Crippen molar-refractivity contribution in [2.45, 2.75) is 0 Å². The molecule has 0 saturated heterocycles. The van der Waals surface area contributed by atoms with E-state index in [1.54, 1.807) is 18.2 Å². The molecule has 0 saturated carbocycles. The van der Waals surface area contributed by atoms with Crippen LogP contribution in [0.25, 0.3) is 10.8 Å². The van der Waals surface area contributed by atoms with E-state index in [9.17, 15) is 14.4 Å². The van der Waals surface area contributed by atoms with Gasteiger partial charge in [0.15, 0.2) is 0 Å². The molecule has 0 spiro atoms. The maximum atomic E-state index is 12.7. The molecule has 6 heteroatoms. The fourth-order valence-electron chi connectivity index (χ4n) is 2.55. The summed E-state index contributed by atoms with van der Waals surface area (Å²) in [5.74, 6) is -1.57. The highest BCUT2D eigenvalue weighted by molar-refractivity contribution is 9.10. The molecule has 1 aliphatic heterocycles. The first-order chi connectivity index (χ1) is 10.5. The second kappa shape index (κ2) is 5.06. The van der Waals surface area contributed by atoms with Crippen molar-refractivity contribution in [3.63, 3.8) is 0 Å². The van der Waals surface area contributed by atoms with Crippen LogP contribution in [0.4, 0.5) is 0 Å². The molecular weight excluding hydrogens is 348 g/mol. The monoisotopic (exact) mass is 358 g/mol. The smallest absolute Gasteiger partial charge is 0.268 e. The Hall–Kier alpha value is -2.47. The maximum Gasteiger partial charge on any atom is 0.281 e. The summed E-state index contributed by atoms with van der Waals surface area (Å²) in [6.45, 7) is 3.37. The fourth-order valence-corrected chi connectivity index (χ4v) is 3.12. The first-order valence-electron chi connectivity index (χ1n) is 6.47.